The molecule has 17 heavy (non-hydrogen) atoms. The molecule has 6 heteroatoms. The van der Waals surface area contributed by atoms with Crippen LogP contribution < -0.4 is 10.6 Å². The molecular weight excluding hydrogens is 243 g/mol. The van der Waals surface area contributed by atoms with Crippen LogP contribution in [-0.4, -0.2) is 35.7 Å². The van der Waals surface area contributed by atoms with E-state index in [9.17, 15) is 9.18 Å². The summed E-state index contributed by atoms with van der Waals surface area (Å²) in [4.78, 5) is 13.1. The van der Waals surface area contributed by atoms with Crippen molar-refractivity contribution in [2.75, 3.05) is 35.2 Å². The van der Waals surface area contributed by atoms with Gasteiger partial charge in [-0.05, 0) is 12.1 Å². The van der Waals surface area contributed by atoms with Crippen molar-refractivity contribution in [1.82, 2.24) is 0 Å². The lowest BCUT2D eigenvalue weighted by atomic mass is 10.1. The lowest BCUT2D eigenvalue weighted by Gasteiger charge is -2.30. The molecule has 0 radical (unpaired) electrons. The van der Waals surface area contributed by atoms with E-state index < -0.39 is 11.8 Å². The minimum absolute atomic E-state index is 0.128. The number of aromatic carboxylic acids is 1. The van der Waals surface area contributed by atoms with E-state index in [1.807, 2.05) is 16.7 Å². The maximum absolute atomic E-state index is 13.3. The lowest BCUT2D eigenvalue weighted by molar-refractivity contribution is 0.0698. The second-order valence-electron chi connectivity index (χ2n) is 3.76. The third kappa shape index (κ3) is 2.31. The van der Waals surface area contributed by atoms with Crippen LogP contribution in [0.5, 0.6) is 0 Å². The van der Waals surface area contributed by atoms with Gasteiger partial charge in [0, 0.05) is 24.6 Å². The molecule has 1 heterocycles. The van der Waals surface area contributed by atoms with Gasteiger partial charge in [0.2, 0.25) is 0 Å². The number of carboxylic acids is 1. The fourth-order valence-corrected chi connectivity index (χ4v) is 2.78. The maximum Gasteiger partial charge on any atom is 0.340 e. The highest BCUT2D eigenvalue weighted by molar-refractivity contribution is 7.99. The molecule has 1 aliphatic rings. The van der Waals surface area contributed by atoms with Gasteiger partial charge in [0.1, 0.15) is 11.4 Å². The molecular formula is C11H13FN2O2S. The highest BCUT2D eigenvalue weighted by Crippen LogP contribution is 2.29. The first kappa shape index (κ1) is 12.0. The Labute approximate surface area is 103 Å². The van der Waals surface area contributed by atoms with Crippen LogP contribution in [0.2, 0.25) is 0 Å². The Morgan fingerprint density at radius 1 is 1.41 bits per heavy atom. The molecule has 0 spiro atoms. The molecule has 3 N–H and O–H groups in total. The van der Waals surface area contributed by atoms with Crippen LogP contribution in [0.3, 0.4) is 0 Å². The Morgan fingerprint density at radius 2 is 2.06 bits per heavy atom. The summed E-state index contributed by atoms with van der Waals surface area (Å²) >= 11 is 1.82. The van der Waals surface area contributed by atoms with Crippen molar-refractivity contribution in [2.24, 2.45) is 0 Å². The first-order valence-electron chi connectivity index (χ1n) is 5.25. The highest BCUT2D eigenvalue weighted by atomic mass is 32.2. The number of hydrogen-bond donors (Lipinski definition) is 2. The molecule has 0 amide bonds. The monoisotopic (exact) mass is 256 g/mol. The predicted octanol–water partition coefficient (Wildman–Crippen LogP) is 1.66. The topological polar surface area (TPSA) is 66.6 Å². The van der Waals surface area contributed by atoms with E-state index in [1.54, 1.807) is 0 Å². The Balaban J connectivity index is 2.45. The number of hydrogen-bond acceptors (Lipinski definition) is 4. The Kier molecular flexibility index (Phi) is 3.42. The molecule has 0 bridgehead atoms. The number of carbonyl (C=O) groups is 1. The smallest absolute Gasteiger partial charge is 0.340 e. The molecule has 1 fully saturated rings. The fraction of sp³-hybridized carbons (Fsp3) is 0.364. The molecule has 0 aliphatic carbocycles. The van der Waals surface area contributed by atoms with Gasteiger partial charge in [-0.15, -0.1) is 0 Å². The molecule has 1 saturated heterocycles. The second-order valence-corrected chi connectivity index (χ2v) is 4.98. The number of carboxylic acid groups (broad SMARTS) is 1. The van der Waals surface area contributed by atoms with E-state index in [4.69, 9.17) is 10.8 Å². The molecule has 1 aromatic carbocycles. The van der Waals surface area contributed by atoms with Gasteiger partial charge in [0.15, 0.2) is 0 Å². The fourth-order valence-electron chi connectivity index (χ4n) is 1.88. The average Bonchev–Trinajstić information content (AvgIpc) is 2.33. The summed E-state index contributed by atoms with van der Waals surface area (Å²) in [7, 11) is 0. The Hall–Kier alpha value is -1.43. The summed E-state index contributed by atoms with van der Waals surface area (Å²) in [5.41, 5.74) is 5.60. The first-order valence-corrected chi connectivity index (χ1v) is 6.40. The second kappa shape index (κ2) is 4.83. The van der Waals surface area contributed by atoms with E-state index in [-0.39, 0.29) is 11.3 Å². The summed E-state index contributed by atoms with van der Waals surface area (Å²) in [6.45, 7) is 1.52. The van der Waals surface area contributed by atoms with Gasteiger partial charge in [0.05, 0.1) is 11.4 Å². The zero-order valence-corrected chi connectivity index (χ0v) is 9.97. The molecule has 0 atom stereocenters. The average molecular weight is 256 g/mol. The standard InChI is InChI=1S/C11H13FN2O2S/c12-7-1-2-8(9(10(7)13)11(15)16)14-3-5-17-6-4-14/h1-2H,3-6,13H2,(H,15,16). The van der Waals surface area contributed by atoms with Crippen LogP contribution in [0.15, 0.2) is 12.1 Å². The summed E-state index contributed by atoms with van der Waals surface area (Å²) in [6.07, 6.45) is 0. The number of benzene rings is 1. The van der Waals surface area contributed by atoms with Crippen molar-refractivity contribution in [3.63, 3.8) is 0 Å². The Morgan fingerprint density at radius 3 is 2.65 bits per heavy atom. The third-order valence-electron chi connectivity index (χ3n) is 2.74. The van der Waals surface area contributed by atoms with Gasteiger partial charge >= 0.3 is 5.97 Å². The lowest BCUT2D eigenvalue weighted by Crippen LogP contribution is -2.33. The van der Waals surface area contributed by atoms with E-state index in [0.717, 1.165) is 24.6 Å². The third-order valence-corrected chi connectivity index (χ3v) is 3.68. The molecule has 4 nitrogen and oxygen atoms in total. The van der Waals surface area contributed by atoms with E-state index >= 15 is 0 Å². The molecule has 0 unspecified atom stereocenters. The zero-order valence-electron chi connectivity index (χ0n) is 9.15. The summed E-state index contributed by atoms with van der Waals surface area (Å²) < 4.78 is 13.3. The zero-order chi connectivity index (χ0) is 12.4. The first-order chi connectivity index (χ1) is 8.11. The molecule has 0 saturated carbocycles. The number of anilines is 2. The molecule has 0 aromatic heterocycles. The van der Waals surface area contributed by atoms with E-state index in [1.165, 1.54) is 12.1 Å². The van der Waals surface area contributed by atoms with E-state index in [2.05, 4.69) is 0 Å². The van der Waals surface area contributed by atoms with Gasteiger partial charge in [0.25, 0.3) is 0 Å². The van der Waals surface area contributed by atoms with Crippen LogP contribution in [0, 0.1) is 5.82 Å². The van der Waals surface area contributed by atoms with Crippen LogP contribution in [0.4, 0.5) is 15.8 Å². The molecule has 92 valence electrons. The normalized spacial score (nSPS) is 15.9. The number of rotatable bonds is 2. The maximum atomic E-state index is 13.3. The van der Waals surface area contributed by atoms with Gasteiger partial charge in [-0.25, -0.2) is 9.18 Å². The number of thioether (sulfide) groups is 1. The number of halogens is 1. The molecule has 1 aromatic rings. The largest absolute Gasteiger partial charge is 0.478 e. The predicted molar refractivity (Wildman–Crippen MR) is 67.3 cm³/mol. The minimum atomic E-state index is -1.18. The number of nitrogen functional groups attached to an aromatic ring is 1. The molecule has 1 aliphatic heterocycles. The summed E-state index contributed by atoms with van der Waals surface area (Å²) in [6, 6.07) is 2.71. The van der Waals surface area contributed by atoms with Crippen LogP contribution in [0.1, 0.15) is 10.4 Å². The highest BCUT2D eigenvalue weighted by Gasteiger charge is 2.22. The van der Waals surface area contributed by atoms with E-state index in [0.29, 0.717) is 5.69 Å². The van der Waals surface area contributed by atoms with Crippen LogP contribution >= 0.6 is 11.8 Å². The van der Waals surface area contributed by atoms with Crippen molar-refractivity contribution in [3.05, 3.63) is 23.5 Å². The van der Waals surface area contributed by atoms with Crippen molar-refractivity contribution >= 4 is 29.1 Å². The summed E-state index contributed by atoms with van der Waals surface area (Å²) in [5, 5.41) is 9.12. The van der Waals surface area contributed by atoms with Crippen molar-refractivity contribution in [2.45, 2.75) is 0 Å². The quantitative estimate of drug-likeness (QED) is 0.788. The van der Waals surface area contributed by atoms with Gasteiger partial charge in [-0.2, -0.15) is 11.8 Å². The number of nitrogens with zero attached hydrogens (tertiary/aromatic N) is 1. The molecule has 2 rings (SSSR count). The SMILES string of the molecule is Nc1c(F)ccc(N2CCSCC2)c1C(=O)O. The van der Waals surface area contributed by atoms with Gasteiger partial charge in [-0.1, -0.05) is 0 Å². The van der Waals surface area contributed by atoms with Gasteiger partial charge < -0.3 is 15.7 Å². The van der Waals surface area contributed by atoms with Crippen LogP contribution in [0.25, 0.3) is 0 Å². The van der Waals surface area contributed by atoms with Crippen molar-refractivity contribution < 1.29 is 14.3 Å². The van der Waals surface area contributed by atoms with Gasteiger partial charge in [-0.3, -0.25) is 0 Å². The minimum Gasteiger partial charge on any atom is -0.478 e. The van der Waals surface area contributed by atoms with Crippen LogP contribution in [-0.2, 0) is 0 Å². The van der Waals surface area contributed by atoms with Crippen molar-refractivity contribution in [3.8, 4) is 0 Å². The summed E-state index contributed by atoms with van der Waals surface area (Å²) in [5.74, 6) is 0.0138. The number of nitrogens with two attached hydrogens (primary N) is 1. The van der Waals surface area contributed by atoms with Crippen molar-refractivity contribution in [1.29, 1.82) is 0 Å². The Bertz CT molecular complexity index is 447.